The molecular formula is C14H13FIN. The molecule has 0 atom stereocenters. The second kappa shape index (κ2) is 6.49. The van der Waals surface area contributed by atoms with Gasteiger partial charge in [0.2, 0.25) is 0 Å². The van der Waals surface area contributed by atoms with E-state index in [1.165, 1.54) is 12.1 Å². The number of halogens is 2. The fourth-order valence-electron chi connectivity index (χ4n) is 1.43. The summed E-state index contributed by atoms with van der Waals surface area (Å²) in [5.41, 5.74) is 1.97. The van der Waals surface area contributed by atoms with Crippen molar-refractivity contribution in [2.45, 2.75) is 0 Å². The van der Waals surface area contributed by atoms with Crippen LogP contribution in [0.1, 0.15) is 11.1 Å². The third-order valence-corrected chi connectivity index (χ3v) is 2.32. The van der Waals surface area contributed by atoms with Gasteiger partial charge in [-0.15, -0.1) is 0 Å². The third-order valence-electron chi connectivity index (χ3n) is 2.32. The van der Waals surface area contributed by atoms with Crippen molar-refractivity contribution >= 4 is 12.2 Å². The maximum atomic E-state index is 12.9. The van der Waals surface area contributed by atoms with Gasteiger partial charge in [0.1, 0.15) is 12.9 Å². The van der Waals surface area contributed by atoms with E-state index in [0.717, 1.165) is 11.1 Å². The maximum Gasteiger partial charge on any atom is 0.169 e. The van der Waals surface area contributed by atoms with Crippen molar-refractivity contribution in [2.75, 3.05) is 0 Å². The number of aromatic nitrogens is 1. The zero-order chi connectivity index (χ0) is 11.4. The highest BCUT2D eigenvalue weighted by Crippen LogP contribution is 2.08. The van der Waals surface area contributed by atoms with Gasteiger partial charge in [-0.1, -0.05) is 24.3 Å². The first-order chi connectivity index (χ1) is 7.74. The van der Waals surface area contributed by atoms with E-state index < -0.39 is 0 Å². The van der Waals surface area contributed by atoms with Crippen LogP contribution in [0, 0.1) is 5.82 Å². The number of nitrogens with zero attached hydrogens (tertiary/aromatic N) is 1. The van der Waals surface area contributed by atoms with Crippen LogP contribution in [-0.4, -0.2) is 0 Å². The molecular weight excluding hydrogens is 328 g/mol. The zero-order valence-electron chi connectivity index (χ0n) is 9.48. The van der Waals surface area contributed by atoms with Crippen molar-refractivity contribution in [1.82, 2.24) is 0 Å². The molecule has 1 heterocycles. The number of hydrogen-bond donors (Lipinski definition) is 0. The Balaban J connectivity index is 0.00000144. The largest absolute Gasteiger partial charge is 1.00 e. The van der Waals surface area contributed by atoms with Crippen molar-refractivity contribution in [2.24, 2.45) is 7.05 Å². The summed E-state index contributed by atoms with van der Waals surface area (Å²) >= 11 is 0. The Bertz CT molecular complexity index is 506. The van der Waals surface area contributed by atoms with Gasteiger partial charge in [-0.25, -0.2) is 8.96 Å². The van der Waals surface area contributed by atoms with Crippen molar-refractivity contribution < 1.29 is 32.9 Å². The van der Waals surface area contributed by atoms with Crippen molar-refractivity contribution in [1.29, 1.82) is 0 Å². The van der Waals surface area contributed by atoms with Crippen LogP contribution in [-0.2, 0) is 7.05 Å². The minimum atomic E-state index is -0.207. The van der Waals surface area contributed by atoms with E-state index in [4.69, 9.17) is 0 Å². The molecule has 0 bridgehead atoms. The predicted molar refractivity (Wildman–Crippen MR) is 62.9 cm³/mol. The quantitative estimate of drug-likeness (QED) is 0.527. The summed E-state index contributed by atoms with van der Waals surface area (Å²) in [6, 6.07) is 10.6. The van der Waals surface area contributed by atoms with Crippen LogP contribution in [0.5, 0.6) is 0 Å². The average Bonchev–Trinajstić information content (AvgIpc) is 2.28. The molecule has 3 heteroatoms. The van der Waals surface area contributed by atoms with Crippen molar-refractivity contribution in [3.63, 3.8) is 0 Å². The van der Waals surface area contributed by atoms with Gasteiger partial charge in [-0.3, -0.25) is 0 Å². The molecule has 2 aromatic rings. The number of rotatable bonds is 2. The van der Waals surface area contributed by atoms with Gasteiger partial charge in [0.25, 0.3) is 0 Å². The lowest BCUT2D eigenvalue weighted by Crippen LogP contribution is -3.00. The van der Waals surface area contributed by atoms with Crippen molar-refractivity contribution in [3.8, 4) is 0 Å². The highest BCUT2D eigenvalue weighted by atomic mass is 127. The number of benzene rings is 1. The minimum absolute atomic E-state index is 0. The van der Waals surface area contributed by atoms with Gasteiger partial charge in [-0.2, -0.15) is 0 Å². The van der Waals surface area contributed by atoms with Crippen LogP contribution in [0.4, 0.5) is 4.39 Å². The summed E-state index contributed by atoms with van der Waals surface area (Å²) in [7, 11) is 1.97. The van der Waals surface area contributed by atoms with Crippen LogP contribution in [0.2, 0.25) is 0 Å². The first-order valence-corrected chi connectivity index (χ1v) is 5.13. The van der Waals surface area contributed by atoms with Gasteiger partial charge in [0, 0.05) is 12.1 Å². The lowest BCUT2D eigenvalue weighted by Gasteiger charge is -1.94. The zero-order valence-corrected chi connectivity index (χ0v) is 11.6. The Morgan fingerprint density at radius 3 is 2.29 bits per heavy atom. The number of hydrogen-bond acceptors (Lipinski definition) is 0. The standard InChI is InChI=1S/C14H13FN.HI/c1-16-9-7-12(8-10-16)5-6-13-3-2-4-14(15)11-13;/h2-11H,1H3;1H/q+1;/p-1/b6-5+;. The lowest BCUT2D eigenvalue weighted by molar-refractivity contribution is -0.671. The molecule has 1 aromatic carbocycles. The Morgan fingerprint density at radius 2 is 1.65 bits per heavy atom. The van der Waals surface area contributed by atoms with Gasteiger partial charge < -0.3 is 24.0 Å². The smallest absolute Gasteiger partial charge is 0.169 e. The van der Waals surface area contributed by atoms with E-state index in [2.05, 4.69) is 0 Å². The number of aryl methyl sites for hydroxylation is 1. The Morgan fingerprint density at radius 1 is 1.00 bits per heavy atom. The van der Waals surface area contributed by atoms with Gasteiger partial charge in [0.15, 0.2) is 12.4 Å². The molecule has 0 spiro atoms. The summed E-state index contributed by atoms with van der Waals surface area (Å²) in [5.74, 6) is -0.207. The number of pyridine rings is 1. The predicted octanol–water partition coefficient (Wildman–Crippen LogP) is -0.175. The Kier molecular flexibility index (Phi) is 5.28. The molecule has 0 aliphatic rings. The molecule has 0 radical (unpaired) electrons. The van der Waals surface area contributed by atoms with E-state index >= 15 is 0 Å². The van der Waals surface area contributed by atoms with Crippen molar-refractivity contribution in [3.05, 3.63) is 65.7 Å². The monoisotopic (exact) mass is 341 g/mol. The molecule has 0 unspecified atom stereocenters. The fourth-order valence-corrected chi connectivity index (χ4v) is 1.43. The van der Waals surface area contributed by atoms with Crippen LogP contribution in [0.15, 0.2) is 48.8 Å². The van der Waals surface area contributed by atoms with E-state index in [0.29, 0.717) is 0 Å². The molecule has 0 amide bonds. The molecule has 1 aromatic heterocycles. The fraction of sp³-hybridized carbons (Fsp3) is 0.0714. The maximum absolute atomic E-state index is 12.9. The van der Waals surface area contributed by atoms with Crippen LogP contribution < -0.4 is 28.5 Å². The summed E-state index contributed by atoms with van der Waals surface area (Å²) < 4.78 is 14.9. The highest BCUT2D eigenvalue weighted by Gasteiger charge is 1.93. The SMILES string of the molecule is C[n+]1ccc(/C=C/c2cccc(F)c2)cc1.[I-]. The molecule has 17 heavy (non-hydrogen) atoms. The first kappa shape index (κ1) is 13.8. The molecule has 0 fully saturated rings. The first-order valence-electron chi connectivity index (χ1n) is 5.13. The van der Waals surface area contributed by atoms with Gasteiger partial charge in [-0.05, 0) is 23.3 Å². The third kappa shape index (κ3) is 4.26. The topological polar surface area (TPSA) is 3.88 Å². The normalized spacial score (nSPS) is 10.2. The Hall–Kier alpha value is -1.23. The highest BCUT2D eigenvalue weighted by molar-refractivity contribution is 5.69. The summed E-state index contributed by atoms with van der Waals surface area (Å²) in [4.78, 5) is 0. The minimum Gasteiger partial charge on any atom is -1.00 e. The van der Waals surface area contributed by atoms with Crippen LogP contribution >= 0.6 is 0 Å². The average molecular weight is 341 g/mol. The lowest BCUT2D eigenvalue weighted by atomic mass is 10.1. The van der Waals surface area contributed by atoms with E-state index in [-0.39, 0.29) is 29.8 Å². The second-order valence-corrected chi connectivity index (χ2v) is 3.69. The molecule has 0 aliphatic heterocycles. The van der Waals surface area contributed by atoms with Crippen LogP contribution in [0.3, 0.4) is 0 Å². The van der Waals surface area contributed by atoms with E-state index in [1.807, 2.05) is 54.4 Å². The Labute approximate surface area is 118 Å². The van der Waals surface area contributed by atoms with E-state index in [9.17, 15) is 4.39 Å². The summed E-state index contributed by atoms with van der Waals surface area (Å²) in [6.45, 7) is 0. The van der Waals surface area contributed by atoms with Gasteiger partial charge >= 0.3 is 0 Å². The molecule has 88 valence electrons. The molecule has 0 saturated heterocycles. The molecule has 1 nitrogen and oxygen atoms in total. The van der Waals surface area contributed by atoms with Crippen LogP contribution in [0.25, 0.3) is 12.2 Å². The van der Waals surface area contributed by atoms with Gasteiger partial charge in [0.05, 0.1) is 0 Å². The summed E-state index contributed by atoms with van der Waals surface area (Å²) in [6.07, 6.45) is 7.82. The molecule has 0 saturated carbocycles. The summed E-state index contributed by atoms with van der Waals surface area (Å²) in [5, 5.41) is 0. The molecule has 0 aliphatic carbocycles. The molecule has 2 rings (SSSR count). The molecule has 0 N–H and O–H groups in total. The second-order valence-electron chi connectivity index (χ2n) is 3.69. The van der Waals surface area contributed by atoms with E-state index in [1.54, 1.807) is 6.07 Å².